The third kappa shape index (κ3) is 3.00. The first-order chi connectivity index (χ1) is 8.95. The minimum absolute atomic E-state index is 0.188. The van der Waals surface area contributed by atoms with Gasteiger partial charge in [0.15, 0.2) is 20.6 Å². The van der Waals surface area contributed by atoms with Crippen LogP contribution in [0.15, 0.2) is 4.90 Å². The van der Waals surface area contributed by atoms with Crippen LogP contribution in [-0.2, 0) is 16.4 Å². The average molecular weight is 304 g/mol. The van der Waals surface area contributed by atoms with Crippen LogP contribution in [0.25, 0.3) is 0 Å². The van der Waals surface area contributed by atoms with Gasteiger partial charge < -0.3 is 10.6 Å². The summed E-state index contributed by atoms with van der Waals surface area (Å²) in [6.07, 6.45) is 2.06. The van der Waals surface area contributed by atoms with E-state index in [2.05, 4.69) is 5.10 Å². The maximum Gasteiger partial charge on any atom is 0.182 e. The SMILES string of the molecule is CCCn1nc(N2CCSCC2)c(S(C)(=O)=O)c1N. The molecule has 0 amide bonds. The fourth-order valence-electron chi connectivity index (χ4n) is 2.17. The van der Waals surface area contributed by atoms with Crippen LogP contribution < -0.4 is 10.6 Å². The van der Waals surface area contributed by atoms with Gasteiger partial charge in [-0.15, -0.1) is 0 Å². The summed E-state index contributed by atoms with van der Waals surface area (Å²) in [7, 11) is -3.37. The van der Waals surface area contributed by atoms with E-state index in [4.69, 9.17) is 5.73 Å². The van der Waals surface area contributed by atoms with E-state index in [1.54, 1.807) is 4.68 Å². The van der Waals surface area contributed by atoms with E-state index in [0.29, 0.717) is 12.4 Å². The Balaban J connectivity index is 2.48. The highest BCUT2D eigenvalue weighted by Crippen LogP contribution is 2.31. The summed E-state index contributed by atoms with van der Waals surface area (Å²) in [5.74, 6) is 2.76. The van der Waals surface area contributed by atoms with Crippen LogP contribution in [0.3, 0.4) is 0 Å². The fourth-order valence-corrected chi connectivity index (χ4v) is 4.06. The summed E-state index contributed by atoms with van der Waals surface area (Å²) >= 11 is 1.87. The smallest absolute Gasteiger partial charge is 0.182 e. The molecule has 0 unspecified atom stereocenters. The van der Waals surface area contributed by atoms with Gasteiger partial charge in [-0.1, -0.05) is 6.92 Å². The lowest BCUT2D eigenvalue weighted by molar-refractivity contribution is 0.600. The van der Waals surface area contributed by atoms with Crippen LogP contribution in [0.4, 0.5) is 11.6 Å². The van der Waals surface area contributed by atoms with Crippen molar-refractivity contribution in [3.05, 3.63) is 0 Å². The van der Waals surface area contributed by atoms with Gasteiger partial charge in [0.05, 0.1) is 0 Å². The molecule has 0 bridgehead atoms. The molecular formula is C11H20N4O2S2. The molecule has 1 fully saturated rings. The number of anilines is 2. The Kier molecular flexibility index (Phi) is 4.29. The lowest BCUT2D eigenvalue weighted by atomic mass is 10.4. The van der Waals surface area contributed by atoms with Gasteiger partial charge in [0.25, 0.3) is 0 Å². The number of rotatable bonds is 4. The molecular weight excluding hydrogens is 284 g/mol. The van der Waals surface area contributed by atoms with Crippen molar-refractivity contribution < 1.29 is 8.42 Å². The molecule has 0 aromatic carbocycles. The van der Waals surface area contributed by atoms with E-state index < -0.39 is 9.84 Å². The second kappa shape index (κ2) is 5.62. The molecule has 6 nitrogen and oxygen atoms in total. The number of nitrogens with two attached hydrogens (primary N) is 1. The quantitative estimate of drug-likeness (QED) is 0.887. The molecule has 1 aromatic heterocycles. The number of thioether (sulfide) groups is 1. The monoisotopic (exact) mass is 304 g/mol. The van der Waals surface area contributed by atoms with Gasteiger partial charge in [0.1, 0.15) is 5.82 Å². The molecule has 1 aromatic rings. The summed E-state index contributed by atoms with van der Waals surface area (Å²) in [5.41, 5.74) is 5.97. The lowest BCUT2D eigenvalue weighted by Crippen LogP contribution is -2.33. The van der Waals surface area contributed by atoms with Crippen LogP contribution >= 0.6 is 11.8 Å². The highest BCUT2D eigenvalue weighted by molar-refractivity contribution is 7.99. The van der Waals surface area contributed by atoms with Crippen molar-refractivity contribution in [2.75, 3.05) is 41.5 Å². The van der Waals surface area contributed by atoms with Crippen molar-refractivity contribution in [3.63, 3.8) is 0 Å². The molecule has 8 heteroatoms. The lowest BCUT2D eigenvalue weighted by Gasteiger charge is -2.26. The Bertz CT molecular complexity index is 547. The van der Waals surface area contributed by atoms with Crippen LogP contribution in [0.1, 0.15) is 13.3 Å². The second-order valence-corrected chi connectivity index (χ2v) is 7.81. The van der Waals surface area contributed by atoms with E-state index in [1.165, 1.54) is 6.26 Å². The molecule has 0 atom stereocenters. The van der Waals surface area contributed by atoms with Crippen LogP contribution in [0, 0.1) is 0 Å². The molecule has 19 heavy (non-hydrogen) atoms. The zero-order valence-electron chi connectivity index (χ0n) is 11.3. The van der Waals surface area contributed by atoms with Crippen molar-refractivity contribution in [2.24, 2.45) is 0 Å². The highest BCUT2D eigenvalue weighted by Gasteiger charge is 2.28. The first-order valence-electron chi connectivity index (χ1n) is 6.34. The molecule has 2 rings (SSSR count). The normalized spacial score (nSPS) is 16.8. The van der Waals surface area contributed by atoms with E-state index in [-0.39, 0.29) is 10.7 Å². The molecule has 2 heterocycles. The Morgan fingerprint density at radius 1 is 1.37 bits per heavy atom. The van der Waals surface area contributed by atoms with Gasteiger partial charge in [-0.25, -0.2) is 13.1 Å². The molecule has 108 valence electrons. The predicted molar refractivity (Wildman–Crippen MR) is 79.6 cm³/mol. The van der Waals surface area contributed by atoms with E-state index >= 15 is 0 Å². The molecule has 1 saturated heterocycles. The minimum atomic E-state index is -3.37. The van der Waals surface area contributed by atoms with E-state index in [1.807, 2.05) is 23.6 Å². The van der Waals surface area contributed by atoms with E-state index in [9.17, 15) is 8.42 Å². The van der Waals surface area contributed by atoms with Crippen LogP contribution in [0.2, 0.25) is 0 Å². The molecule has 1 aliphatic rings. The maximum atomic E-state index is 12.0. The molecule has 0 aliphatic carbocycles. The number of hydrogen-bond acceptors (Lipinski definition) is 6. The molecule has 2 N–H and O–H groups in total. The zero-order chi connectivity index (χ0) is 14.0. The summed E-state index contributed by atoms with van der Waals surface area (Å²) in [6, 6.07) is 0. The first-order valence-corrected chi connectivity index (χ1v) is 9.38. The van der Waals surface area contributed by atoms with Crippen LogP contribution in [0.5, 0.6) is 0 Å². The van der Waals surface area contributed by atoms with Crippen molar-refractivity contribution in [1.82, 2.24) is 9.78 Å². The largest absolute Gasteiger partial charge is 0.383 e. The predicted octanol–water partition coefficient (Wildman–Crippen LogP) is 0.832. The summed E-state index contributed by atoms with van der Waals surface area (Å²) in [6.45, 7) is 4.28. The summed E-state index contributed by atoms with van der Waals surface area (Å²) < 4.78 is 25.5. The Morgan fingerprint density at radius 2 is 2.00 bits per heavy atom. The number of nitrogens with zero attached hydrogens (tertiary/aromatic N) is 3. The topological polar surface area (TPSA) is 81.2 Å². The van der Waals surface area contributed by atoms with Gasteiger partial charge in [0, 0.05) is 37.4 Å². The van der Waals surface area contributed by atoms with Gasteiger partial charge in [0.2, 0.25) is 0 Å². The highest BCUT2D eigenvalue weighted by atomic mass is 32.2. The standard InChI is InChI=1S/C11H20N4O2S2/c1-3-4-15-10(12)9(19(2,16)17)11(13-15)14-5-7-18-8-6-14/h3-8,12H2,1-2H3. The summed E-state index contributed by atoms with van der Waals surface area (Å²) in [5, 5.41) is 4.42. The van der Waals surface area contributed by atoms with Gasteiger partial charge in [-0.2, -0.15) is 16.9 Å². The number of aryl methyl sites for hydroxylation is 1. The van der Waals surface area contributed by atoms with Gasteiger partial charge >= 0.3 is 0 Å². The average Bonchev–Trinajstić information content (AvgIpc) is 2.68. The van der Waals surface area contributed by atoms with Crippen LogP contribution in [-0.4, -0.2) is 49.0 Å². The zero-order valence-corrected chi connectivity index (χ0v) is 12.9. The minimum Gasteiger partial charge on any atom is -0.383 e. The second-order valence-electron chi connectivity index (χ2n) is 4.63. The number of aromatic nitrogens is 2. The van der Waals surface area contributed by atoms with Gasteiger partial charge in [-0.05, 0) is 6.42 Å². The Labute approximate surface area is 118 Å². The number of hydrogen-bond donors (Lipinski definition) is 1. The molecule has 0 radical (unpaired) electrons. The third-order valence-electron chi connectivity index (χ3n) is 3.05. The fraction of sp³-hybridized carbons (Fsp3) is 0.727. The Morgan fingerprint density at radius 3 is 2.53 bits per heavy atom. The molecule has 0 saturated carbocycles. The third-order valence-corrected chi connectivity index (χ3v) is 5.12. The summed E-state index contributed by atoms with van der Waals surface area (Å²) in [4.78, 5) is 2.21. The first kappa shape index (κ1) is 14.5. The Hall–Kier alpha value is -0.890. The van der Waals surface area contributed by atoms with Crippen molar-refractivity contribution in [2.45, 2.75) is 24.8 Å². The molecule has 0 spiro atoms. The van der Waals surface area contributed by atoms with Crippen molar-refractivity contribution in [1.29, 1.82) is 0 Å². The number of sulfone groups is 1. The van der Waals surface area contributed by atoms with Crippen molar-refractivity contribution in [3.8, 4) is 0 Å². The maximum absolute atomic E-state index is 12.0. The van der Waals surface area contributed by atoms with Gasteiger partial charge in [-0.3, -0.25) is 0 Å². The van der Waals surface area contributed by atoms with E-state index in [0.717, 1.165) is 31.0 Å². The van der Waals surface area contributed by atoms with Crippen molar-refractivity contribution >= 4 is 33.2 Å². The number of nitrogen functional groups attached to an aromatic ring is 1. The molecule has 1 aliphatic heterocycles.